The molecule has 0 saturated carbocycles. The normalized spacial score (nSPS) is 16.9. The highest BCUT2D eigenvalue weighted by molar-refractivity contribution is 7.53. The summed E-state index contributed by atoms with van der Waals surface area (Å²) in [4.78, 5) is 72.9. The number of imide groups is 1. The van der Waals surface area contributed by atoms with Gasteiger partial charge in [0.1, 0.15) is 6.29 Å². The summed E-state index contributed by atoms with van der Waals surface area (Å²) < 4.78 is 52.0. The maximum Gasteiger partial charge on any atom is 0.347 e. The Morgan fingerprint density at radius 3 is 1.80 bits per heavy atom. The molecular weight excluding hydrogens is 649 g/mol. The lowest BCUT2D eigenvalue weighted by molar-refractivity contribution is 0.0924. The Hall–Kier alpha value is -3.28. The molecule has 0 spiro atoms. The summed E-state index contributed by atoms with van der Waals surface area (Å²) in [5.41, 5.74) is 0.471. The van der Waals surface area contributed by atoms with Crippen LogP contribution < -0.4 is 9.80 Å². The number of hydrogen-bond acceptors (Lipinski definition) is 9. The molecular formula is C28H31N2O12P3. The minimum Gasteiger partial charge on any atom is -0.324 e. The van der Waals surface area contributed by atoms with Crippen molar-refractivity contribution in [3.8, 4) is 0 Å². The number of hydrogen-bond donors (Lipinski definition) is 3. The zero-order valence-electron chi connectivity index (χ0n) is 24.4. The van der Waals surface area contributed by atoms with E-state index in [1.165, 1.54) is 61.5 Å². The molecule has 240 valence electrons. The van der Waals surface area contributed by atoms with Crippen LogP contribution in [0, 0.1) is 0 Å². The Morgan fingerprint density at radius 2 is 1.31 bits per heavy atom. The van der Waals surface area contributed by atoms with E-state index in [1.54, 1.807) is 12.1 Å². The minimum absolute atomic E-state index is 0.00410. The third kappa shape index (κ3) is 8.12. The van der Waals surface area contributed by atoms with Crippen LogP contribution in [0.25, 0.3) is 0 Å². The lowest BCUT2D eigenvalue weighted by atomic mass is 10.1. The summed E-state index contributed by atoms with van der Waals surface area (Å²) in [5, 5.41) is 0. The van der Waals surface area contributed by atoms with Crippen LogP contribution in [-0.2, 0) is 39.6 Å². The van der Waals surface area contributed by atoms with E-state index in [-0.39, 0.29) is 45.8 Å². The molecule has 0 radical (unpaired) electrons. The number of benzene rings is 3. The molecule has 3 N–H and O–H groups in total. The second-order valence-electron chi connectivity index (χ2n) is 9.94. The Labute approximate surface area is 258 Å². The first-order chi connectivity index (χ1) is 21.1. The topological polar surface area (TPSA) is 197 Å². The van der Waals surface area contributed by atoms with Crippen molar-refractivity contribution in [2.24, 2.45) is 0 Å². The average molecular weight is 680 g/mol. The fourth-order valence-corrected chi connectivity index (χ4v) is 7.40. The van der Waals surface area contributed by atoms with Crippen LogP contribution in [0.4, 0.5) is 11.4 Å². The van der Waals surface area contributed by atoms with Crippen molar-refractivity contribution in [2.45, 2.75) is 19.2 Å². The monoisotopic (exact) mass is 680 g/mol. The van der Waals surface area contributed by atoms with Gasteiger partial charge in [-0.1, -0.05) is 24.3 Å². The molecule has 1 aliphatic rings. The number of amides is 3. The number of nitrogens with zero attached hydrogens (tertiary/aromatic N) is 2. The van der Waals surface area contributed by atoms with Gasteiger partial charge in [-0.2, -0.15) is 0 Å². The van der Waals surface area contributed by atoms with Crippen molar-refractivity contribution in [2.75, 3.05) is 36.9 Å². The van der Waals surface area contributed by atoms with Crippen LogP contribution in [-0.4, -0.2) is 59.5 Å². The van der Waals surface area contributed by atoms with E-state index >= 15 is 0 Å². The Kier molecular flexibility index (Phi) is 10.5. The van der Waals surface area contributed by atoms with Gasteiger partial charge in [0.15, 0.2) is 0 Å². The van der Waals surface area contributed by atoms with Gasteiger partial charge in [0.2, 0.25) is 0 Å². The van der Waals surface area contributed by atoms with E-state index in [1.807, 2.05) is 0 Å². The van der Waals surface area contributed by atoms with Gasteiger partial charge in [-0.15, -0.1) is 0 Å². The zero-order chi connectivity index (χ0) is 33.2. The molecule has 17 heteroatoms. The summed E-state index contributed by atoms with van der Waals surface area (Å²) in [6.45, 7) is 1.33. The van der Waals surface area contributed by atoms with Crippen LogP contribution in [0.1, 0.15) is 49.1 Å². The van der Waals surface area contributed by atoms with Gasteiger partial charge in [-0.3, -0.25) is 33.0 Å². The van der Waals surface area contributed by atoms with Gasteiger partial charge in [-0.05, 0) is 60.5 Å². The van der Waals surface area contributed by atoms with E-state index in [0.29, 0.717) is 0 Å². The lowest BCUT2D eigenvalue weighted by Gasteiger charge is -2.26. The van der Waals surface area contributed by atoms with E-state index in [2.05, 4.69) is 9.05 Å². The van der Waals surface area contributed by atoms with Crippen LogP contribution in [0.15, 0.2) is 66.7 Å². The summed E-state index contributed by atoms with van der Waals surface area (Å²) in [6, 6.07) is 15.7. The molecule has 0 fully saturated rings. The van der Waals surface area contributed by atoms with Crippen molar-refractivity contribution in [1.82, 2.24) is 0 Å². The van der Waals surface area contributed by atoms with Crippen LogP contribution in [0.3, 0.4) is 0 Å². The molecule has 0 aliphatic carbocycles. The Bertz CT molecular complexity index is 1720. The predicted octanol–water partition coefficient (Wildman–Crippen LogP) is 4.98. The number of rotatable bonds is 13. The molecule has 45 heavy (non-hydrogen) atoms. The second kappa shape index (κ2) is 13.6. The van der Waals surface area contributed by atoms with Crippen molar-refractivity contribution in [3.05, 3.63) is 94.5 Å². The first-order valence-corrected chi connectivity index (χ1v) is 18.6. The smallest absolute Gasteiger partial charge is 0.324 e. The third-order valence-corrected chi connectivity index (χ3v) is 10.7. The van der Waals surface area contributed by atoms with E-state index in [9.17, 15) is 42.8 Å². The first-order valence-electron chi connectivity index (χ1n) is 13.3. The van der Waals surface area contributed by atoms with Crippen LogP contribution in [0.5, 0.6) is 0 Å². The van der Waals surface area contributed by atoms with E-state index in [0.717, 1.165) is 24.0 Å². The maximum absolute atomic E-state index is 14.1. The fraction of sp³-hybridized carbons (Fsp3) is 0.250. The molecule has 0 bridgehead atoms. The molecule has 4 rings (SSSR count). The standard InChI is InChI=1S/C28H31N2O12P3/c1-4-42-45(38,39)18-29(22-8-7-9-23(15-22)30-27(32)24-10-5-6-11-25(24)28(30)33)26(31)21-13-19(16-43(34,35)40-2)12-20(14-21)17-44(36,37)41-3/h5-15H,4,16-18H2,1-3H3,(H,34,35)(H,36,37)(H,38,39). The SMILES string of the molecule is CCOP(=O)(O)CN(C(=O)c1cc(CP(=O)(O)OC)cc(CP(=O)(O)OC)c1)c1cccc(N2C(=O)c3ccccc3C2=O)c1. The summed E-state index contributed by atoms with van der Waals surface area (Å²) in [5.74, 6) is -2.09. The second-order valence-corrected chi connectivity index (χ2v) is 15.7. The van der Waals surface area contributed by atoms with Crippen LogP contribution >= 0.6 is 22.8 Å². The van der Waals surface area contributed by atoms with Crippen LogP contribution in [0.2, 0.25) is 0 Å². The van der Waals surface area contributed by atoms with Crippen molar-refractivity contribution >= 4 is 51.9 Å². The quantitative estimate of drug-likeness (QED) is 0.162. The Morgan fingerprint density at radius 1 is 0.778 bits per heavy atom. The fourth-order valence-electron chi connectivity index (χ4n) is 4.72. The van der Waals surface area contributed by atoms with Gasteiger partial charge in [0, 0.05) is 25.5 Å². The van der Waals surface area contributed by atoms with Crippen molar-refractivity contribution < 1.29 is 56.3 Å². The van der Waals surface area contributed by atoms with E-state index in [4.69, 9.17) is 4.52 Å². The maximum atomic E-state index is 14.1. The first kappa shape index (κ1) is 34.6. The molecule has 3 aromatic carbocycles. The van der Waals surface area contributed by atoms with Gasteiger partial charge < -0.3 is 28.3 Å². The molecule has 3 amide bonds. The molecule has 3 unspecified atom stereocenters. The average Bonchev–Trinajstić information content (AvgIpc) is 3.24. The van der Waals surface area contributed by atoms with Crippen molar-refractivity contribution in [1.29, 1.82) is 0 Å². The molecule has 14 nitrogen and oxygen atoms in total. The molecule has 3 atom stereocenters. The molecule has 0 aromatic heterocycles. The highest BCUT2D eigenvalue weighted by Crippen LogP contribution is 2.48. The number of fused-ring (bicyclic) bond motifs is 1. The van der Waals surface area contributed by atoms with E-state index < -0.39 is 59.1 Å². The van der Waals surface area contributed by atoms with Gasteiger partial charge in [0.05, 0.1) is 35.7 Å². The summed E-state index contributed by atoms with van der Waals surface area (Å²) >= 11 is 0. The highest BCUT2D eigenvalue weighted by atomic mass is 31.2. The zero-order valence-corrected chi connectivity index (χ0v) is 27.1. The Balaban J connectivity index is 1.82. The summed E-state index contributed by atoms with van der Waals surface area (Å²) in [6.07, 6.45) is -1.99. The van der Waals surface area contributed by atoms with Gasteiger partial charge in [0.25, 0.3) is 17.7 Å². The van der Waals surface area contributed by atoms with Gasteiger partial charge in [-0.25, -0.2) is 4.90 Å². The molecule has 1 aliphatic heterocycles. The predicted molar refractivity (Wildman–Crippen MR) is 165 cm³/mol. The minimum atomic E-state index is -4.45. The largest absolute Gasteiger partial charge is 0.347 e. The third-order valence-electron chi connectivity index (χ3n) is 6.72. The molecule has 0 saturated heterocycles. The summed E-state index contributed by atoms with van der Waals surface area (Å²) in [7, 11) is -10.7. The number of carbonyl (C=O) groups excluding carboxylic acids is 3. The lowest BCUT2D eigenvalue weighted by Crippen LogP contribution is -2.33. The van der Waals surface area contributed by atoms with Crippen molar-refractivity contribution in [3.63, 3.8) is 0 Å². The molecule has 3 aromatic rings. The highest BCUT2D eigenvalue weighted by Gasteiger charge is 2.37. The number of carbonyl (C=O) groups is 3. The molecule has 1 heterocycles. The number of anilines is 2. The van der Waals surface area contributed by atoms with Gasteiger partial charge >= 0.3 is 22.8 Å².